The second kappa shape index (κ2) is 5.67. The van der Waals surface area contributed by atoms with Gasteiger partial charge in [0.1, 0.15) is 0 Å². The van der Waals surface area contributed by atoms with Crippen LogP contribution in [0.15, 0.2) is 12.4 Å². The Morgan fingerprint density at radius 3 is 3.06 bits per heavy atom. The molecule has 1 saturated carbocycles. The third-order valence-corrected chi connectivity index (χ3v) is 4.26. The van der Waals surface area contributed by atoms with E-state index in [4.69, 9.17) is 0 Å². The summed E-state index contributed by atoms with van der Waals surface area (Å²) in [5.41, 5.74) is 1.30. The lowest BCUT2D eigenvalue weighted by molar-refractivity contribution is 0.247. The van der Waals surface area contributed by atoms with Crippen molar-refractivity contribution in [2.24, 2.45) is 5.92 Å². The van der Waals surface area contributed by atoms with Crippen LogP contribution >= 0.6 is 0 Å². The van der Waals surface area contributed by atoms with Gasteiger partial charge in [-0.25, -0.2) is 0 Å². The van der Waals surface area contributed by atoms with Gasteiger partial charge in [0.05, 0.1) is 12.2 Å². The van der Waals surface area contributed by atoms with E-state index in [-0.39, 0.29) is 0 Å². The van der Waals surface area contributed by atoms with E-state index >= 15 is 0 Å². The Balaban J connectivity index is 2.04. The minimum atomic E-state index is 0.398. The Bertz CT molecular complexity index is 345. The predicted octanol–water partition coefficient (Wildman–Crippen LogP) is 3.30. The molecule has 0 aliphatic heterocycles. The van der Waals surface area contributed by atoms with Crippen LogP contribution in [0.2, 0.25) is 0 Å². The van der Waals surface area contributed by atoms with Crippen LogP contribution in [-0.2, 0) is 0 Å². The summed E-state index contributed by atoms with van der Waals surface area (Å²) in [4.78, 5) is 0. The Labute approximate surface area is 105 Å². The first-order valence-corrected chi connectivity index (χ1v) is 6.95. The van der Waals surface area contributed by atoms with Gasteiger partial charge in [-0.05, 0) is 32.7 Å². The van der Waals surface area contributed by atoms with Crippen molar-refractivity contribution in [3.8, 4) is 0 Å². The molecule has 17 heavy (non-hydrogen) atoms. The molecule has 0 spiro atoms. The fourth-order valence-corrected chi connectivity index (χ4v) is 2.82. The van der Waals surface area contributed by atoms with Crippen molar-refractivity contribution < 1.29 is 0 Å². The van der Waals surface area contributed by atoms with Crippen molar-refractivity contribution in [3.05, 3.63) is 18.0 Å². The number of nitrogens with one attached hydrogen (secondary N) is 1. The van der Waals surface area contributed by atoms with Gasteiger partial charge in [0.25, 0.3) is 0 Å². The molecule has 1 N–H and O–H groups in total. The van der Waals surface area contributed by atoms with Crippen LogP contribution in [0.25, 0.3) is 0 Å². The molecule has 3 heteroatoms. The molecule has 1 heterocycles. The van der Waals surface area contributed by atoms with Crippen molar-refractivity contribution in [2.75, 3.05) is 7.05 Å². The standard InChI is InChI=1S/C14H25N3/c1-4-12-6-5-7-14(8-12)17-10-13(9-16-17)11(2)15-3/h9-12,14-15H,4-8H2,1-3H3. The first kappa shape index (κ1) is 12.6. The third kappa shape index (κ3) is 2.89. The second-order valence-corrected chi connectivity index (χ2v) is 5.36. The Morgan fingerprint density at radius 1 is 1.53 bits per heavy atom. The predicted molar refractivity (Wildman–Crippen MR) is 71.0 cm³/mol. The number of nitrogens with zero attached hydrogens (tertiary/aromatic N) is 2. The van der Waals surface area contributed by atoms with E-state index in [0.29, 0.717) is 12.1 Å². The molecule has 1 aromatic rings. The Morgan fingerprint density at radius 2 is 2.35 bits per heavy atom. The maximum atomic E-state index is 4.55. The molecule has 0 amide bonds. The lowest BCUT2D eigenvalue weighted by atomic mass is 9.84. The van der Waals surface area contributed by atoms with E-state index in [2.05, 4.69) is 35.1 Å². The third-order valence-electron chi connectivity index (χ3n) is 4.26. The van der Waals surface area contributed by atoms with E-state index in [9.17, 15) is 0 Å². The van der Waals surface area contributed by atoms with Crippen LogP contribution in [0.4, 0.5) is 0 Å². The maximum absolute atomic E-state index is 4.55. The summed E-state index contributed by atoms with van der Waals surface area (Å²) in [6.07, 6.45) is 10.9. The van der Waals surface area contributed by atoms with Crippen molar-refractivity contribution in [1.82, 2.24) is 15.1 Å². The molecular weight excluding hydrogens is 210 g/mol. The molecule has 0 aromatic carbocycles. The van der Waals surface area contributed by atoms with Gasteiger partial charge in [-0.1, -0.05) is 26.2 Å². The zero-order chi connectivity index (χ0) is 12.3. The molecule has 3 unspecified atom stereocenters. The molecule has 0 saturated heterocycles. The smallest absolute Gasteiger partial charge is 0.0537 e. The number of aromatic nitrogens is 2. The summed E-state index contributed by atoms with van der Waals surface area (Å²) in [6.45, 7) is 4.49. The van der Waals surface area contributed by atoms with Crippen LogP contribution in [0.3, 0.4) is 0 Å². The van der Waals surface area contributed by atoms with Gasteiger partial charge in [-0.2, -0.15) is 5.10 Å². The monoisotopic (exact) mass is 235 g/mol. The van der Waals surface area contributed by atoms with Gasteiger partial charge in [-0.3, -0.25) is 4.68 Å². The van der Waals surface area contributed by atoms with Crippen molar-refractivity contribution in [3.63, 3.8) is 0 Å². The van der Waals surface area contributed by atoms with Crippen LogP contribution in [0.5, 0.6) is 0 Å². The van der Waals surface area contributed by atoms with E-state index in [1.165, 1.54) is 37.7 Å². The van der Waals surface area contributed by atoms with Gasteiger partial charge < -0.3 is 5.32 Å². The molecule has 3 nitrogen and oxygen atoms in total. The van der Waals surface area contributed by atoms with Gasteiger partial charge in [0, 0.05) is 17.8 Å². The molecule has 96 valence electrons. The number of hydrogen-bond donors (Lipinski definition) is 1. The zero-order valence-corrected chi connectivity index (χ0v) is 11.3. The Kier molecular flexibility index (Phi) is 4.21. The normalized spacial score (nSPS) is 27.0. The highest BCUT2D eigenvalue weighted by atomic mass is 15.3. The second-order valence-electron chi connectivity index (χ2n) is 5.36. The first-order chi connectivity index (χ1) is 8.24. The maximum Gasteiger partial charge on any atom is 0.0537 e. The van der Waals surface area contributed by atoms with Crippen molar-refractivity contribution in [2.45, 2.75) is 58.0 Å². The first-order valence-electron chi connectivity index (χ1n) is 6.95. The van der Waals surface area contributed by atoms with Gasteiger partial charge in [-0.15, -0.1) is 0 Å². The van der Waals surface area contributed by atoms with Gasteiger partial charge in [0.2, 0.25) is 0 Å². The molecule has 1 fully saturated rings. The van der Waals surface area contributed by atoms with Crippen LogP contribution in [0.1, 0.15) is 63.6 Å². The largest absolute Gasteiger partial charge is 0.313 e. The topological polar surface area (TPSA) is 29.9 Å². The Hall–Kier alpha value is -0.830. The lowest BCUT2D eigenvalue weighted by Gasteiger charge is -2.28. The minimum Gasteiger partial charge on any atom is -0.313 e. The van der Waals surface area contributed by atoms with Crippen LogP contribution in [-0.4, -0.2) is 16.8 Å². The fourth-order valence-electron chi connectivity index (χ4n) is 2.82. The molecule has 1 aliphatic rings. The summed E-state index contributed by atoms with van der Waals surface area (Å²) in [5, 5.41) is 7.82. The van der Waals surface area contributed by atoms with Crippen molar-refractivity contribution >= 4 is 0 Å². The highest BCUT2D eigenvalue weighted by Crippen LogP contribution is 2.34. The molecule has 1 aliphatic carbocycles. The quantitative estimate of drug-likeness (QED) is 0.867. The van der Waals surface area contributed by atoms with E-state index < -0.39 is 0 Å². The van der Waals surface area contributed by atoms with Crippen molar-refractivity contribution in [1.29, 1.82) is 0 Å². The summed E-state index contributed by atoms with van der Waals surface area (Å²) < 4.78 is 2.20. The number of rotatable bonds is 4. The summed E-state index contributed by atoms with van der Waals surface area (Å²) >= 11 is 0. The molecule has 0 radical (unpaired) electrons. The van der Waals surface area contributed by atoms with E-state index in [0.717, 1.165) is 5.92 Å². The highest BCUT2D eigenvalue weighted by Gasteiger charge is 2.22. The summed E-state index contributed by atoms with van der Waals surface area (Å²) in [5.74, 6) is 0.906. The van der Waals surface area contributed by atoms with Gasteiger partial charge in [0.15, 0.2) is 0 Å². The molecule has 1 aromatic heterocycles. The van der Waals surface area contributed by atoms with E-state index in [1.54, 1.807) is 0 Å². The van der Waals surface area contributed by atoms with Crippen LogP contribution < -0.4 is 5.32 Å². The molecule has 3 atom stereocenters. The summed E-state index contributed by atoms with van der Waals surface area (Å²) in [6, 6.07) is 1.03. The minimum absolute atomic E-state index is 0.398. The zero-order valence-electron chi connectivity index (χ0n) is 11.3. The fraction of sp³-hybridized carbons (Fsp3) is 0.786. The van der Waals surface area contributed by atoms with Gasteiger partial charge >= 0.3 is 0 Å². The average molecular weight is 235 g/mol. The average Bonchev–Trinajstić information content (AvgIpc) is 2.87. The highest BCUT2D eigenvalue weighted by molar-refractivity contribution is 5.09. The van der Waals surface area contributed by atoms with Crippen LogP contribution in [0, 0.1) is 5.92 Å². The summed E-state index contributed by atoms with van der Waals surface area (Å²) in [7, 11) is 2.00. The number of hydrogen-bond acceptors (Lipinski definition) is 2. The molecule has 0 bridgehead atoms. The molecular formula is C14H25N3. The SMILES string of the molecule is CCC1CCCC(n2cc(C(C)NC)cn2)C1. The molecule has 2 rings (SSSR count). The van der Waals surface area contributed by atoms with E-state index in [1.807, 2.05) is 13.2 Å². The lowest BCUT2D eigenvalue weighted by Crippen LogP contribution is -2.19.